The second-order valence-corrected chi connectivity index (χ2v) is 3.45. The summed E-state index contributed by atoms with van der Waals surface area (Å²) in [5.41, 5.74) is 0. The molecule has 1 amide bonds. The first-order chi connectivity index (χ1) is 5.52. The number of amides is 1. The molecule has 12 heavy (non-hydrogen) atoms. The lowest BCUT2D eigenvalue weighted by Gasteiger charge is -2.06. The van der Waals surface area contributed by atoms with Crippen molar-refractivity contribution >= 4 is 11.9 Å². The van der Waals surface area contributed by atoms with Crippen LogP contribution in [0.4, 0.5) is 0 Å². The third-order valence-corrected chi connectivity index (χ3v) is 1.88. The summed E-state index contributed by atoms with van der Waals surface area (Å²) in [6.45, 7) is 3.71. The summed E-state index contributed by atoms with van der Waals surface area (Å²) in [4.78, 5) is 21.5. The van der Waals surface area contributed by atoms with Gasteiger partial charge in [0.05, 0.1) is 11.8 Å². The molecule has 4 heteroatoms. The first-order valence-electron chi connectivity index (χ1n) is 4.05. The zero-order valence-corrected chi connectivity index (χ0v) is 7.20. The molecular formula is C8H13NO3. The Morgan fingerprint density at radius 3 is 2.33 bits per heavy atom. The van der Waals surface area contributed by atoms with E-state index in [0.29, 0.717) is 6.42 Å². The van der Waals surface area contributed by atoms with Crippen molar-refractivity contribution < 1.29 is 14.7 Å². The van der Waals surface area contributed by atoms with Crippen LogP contribution >= 0.6 is 0 Å². The number of aliphatic carboxylic acids is 1. The summed E-state index contributed by atoms with van der Waals surface area (Å²) in [7, 11) is 0. The number of hydrogen-bond acceptors (Lipinski definition) is 2. The van der Waals surface area contributed by atoms with E-state index in [4.69, 9.17) is 5.11 Å². The van der Waals surface area contributed by atoms with Gasteiger partial charge in [0, 0.05) is 6.04 Å². The van der Waals surface area contributed by atoms with Crippen LogP contribution in [0.15, 0.2) is 0 Å². The average molecular weight is 171 g/mol. The molecule has 1 rings (SSSR count). The molecule has 0 saturated heterocycles. The highest BCUT2D eigenvalue weighted by atomic mass is 16.4. The Morgan fingerprint density at radius 1 is 1.42 bits per heavy atom. The number of carboxylic acid groups (broad SMARTS) is 1. The Kier molecular flexibility index (Phi) is 2.35. The number of carbonyl (C=O) groups is 2. The van der Waals surface area contributed by atoms with E-state index in [-0.39, 0.29) is 17.9 Å². The summed E-state index contributed by atoms with van der Waals surface area (Å²) in [6, 6.07) is 0.0903. The lowest BCUT2D eigenvalue weighted by atomic mass is 10.3. The number of rotatable bonds is 3. The van der Waals surface area contributed by atoms with E-state index in [2.05, 4.69) is 5.32 Å². The van der Waals surface area contributed by atoms with Crippen molar-refractivity contribution in [2.75, 3.05) is 0 Å². The lowest BCUT2D eigenvalue weighted by molar-refractivity contribution is -0.140. The molecule has 0 unspecified atom stereocenters. The minimum atomic E-state index is -0.862. The van der Waals surface area contributed by atoms with E-state index in [1.165, 1.54) is 0 Å². The van der Waals surface area contributed by atoms with Crippen molar-refractivity contribution in [3.8, 4) is 0 Å². The zero-order valence-electron chi connectivity index (χ0n) is 7.20. The van der Waals surface area contributed by atoms with Crippen LogP contribution in [-0.2, 0) is 9.59 Å². The summed E-state index contributed by atoms with van der Waals surface area (Å²) in [5, 5.41) is 11.2. The number of carbonyl (C=O) groups excluding carboxylic acids is 1. The van der Waals surface area contributed by atoms with Gasteiger partial charge in [-0.1, -0.05) is 0 Å². The first-order valence-corrected chi connectivity index (χ1v) is 4.05. The van der Waals surface area contributed by atoms with Crippen LogP contribution in [0.2, 0.25) is 0 Å². The van der Waals surface area contributed by atoms with E-state index in [0.717, 1.165) is 0 Å². The van der Waals surface area contributed by atoms with Crippen LogP contribution in [0, 0.1) is 11.8 Å². The fraction of sp³-hybridized carbons (Fsp3) is 0.750. The predicted molar refractivity (Wildman–Crippen MR) is 42.5 cm³/mol. The van der Waals surface area contributed by atoms with Crippen LogP contribution in [-0.4, -0.2) is 23.0 Å². The summed E-state index contributed by atoms with van der Waals surface area (Å²) in [5.74, 6) is -1.72. The SMILES string of the molecule is CC(C)NC(=O)[C@@H]1C[C@@H]1C(=O)O. The molecule has 0 heterocycles. The number of nitrogens with one attached hydrogen (secondary N) is 1. The highest BCUT2D eigenvalue weighted by Gasteiger charge is 2.48. The zero-order chi connectivity index (χ0) is 9.30. The number of hydrogen-bond donors (Lipinski definition) is 2. The Morgan fingerprint density at radius 2 is 2.00 bits per heavy atom. The van der Waals surface area contributed by atoms with Gasteiger partial charge in [-0.05, 0) is 20.3 Å². The van der Waals surface area contributed by atoms with Crippen LogP contribution < -0.4 is 5.32 Å². The van der Waals surface area contributed by atoms with Crippen molar-refractivity contribution in [2.24, 2.45) is 11.8 Å². The van der Waals surface area contributed by atoms with Crippen molar-refractivity contribution in [1.82, 2.24) is 5.32 Å². The molecule has 2 N–H and O–H groups in total. The smallest absolute Gasteiger partial charge is 0.307 e. The van der Waals surface area contributed by atoms with Gasteiger partial charge in [-0.15, -0.1) is 0 Å². The molecule has 1 fully saturated rings. The maximum absolute atomic E-state index is 11.2. The van der Waals surface area contributed by atoms with Gasteiger partial charge in [-0.3, -0.25) is 9.59 Å². The molecule has 0 aromatic rings. The second kappa shape index (κ2) is 3.13. The molecule has 0 aliphatic heterocycles. The van der Waals surface area contributed by atoms with Crippen LogP contribution in [0.3, 0.4) is 0 Å². The first kappa shape index (κ1) is 9.03. The standard InChI is InChI=1S/C8H13NO3/c1-4(2)9-7(10)5-3-6(5)8(11)12/h4-6H,3H2,1-2H3,(H,9,10)(H,11,12)/t5-,6+/m1/s1. The van der Waals surface area contributed by atoms with Crippen molar-refractivity contribution in [2.45, 2.75) is 26.3 Å². The fourth-order valence-corrected chi connectivity index (χ4v) is 1.15. The summed E-state index contributed by atoms with van der Waals surface area (Å²) in [6.07, 6.45) is 0.494. The molecule has 0 spiro atoms. The highest BCUT2D eigenvalue weighted by molar-refractivity contribution is 5.89. The molecular weight excluding hydrogens is 158 g/mol. The second-order valence-electron chi connectivity index (χ2n) is 3.45. The van der Waals surface area contributed by atoms with E-state index in [9.17, 15) is 9.59 Å². The molecule has 1 aliphatic rings. The van der Waals surface area contributed by atoms with Gasteiger partial charge in [0.1, 0.15) is 0 Å². The minimum Gasteiger partial charge on any atom is -0.481 e. The van der Waals surface area contributed by atoms with Gasteiger partial charge in [-0.2, -0.15) is 0 Å². The molecule has 2 atom stereocenters. The predicted octanol–water partition coefficient (Wildman–Crippen LogP) is 0.232. The maximum atomic E-state index is 11.2. The van der Waals surface area contributed by atoms with Crippen molar-refractivity contribution in [3.63, 3.8) is 0 Å². The Balaban J connectivity index is 2.33. The summed E-state index contributed by atoms with van der Waals surface area (Å²) >= 11 is 0. The normalized spacial score (nSPS) is 26.9. The topological polar surface area (TPSA) is 66.4 Å². The quantitative estimate of drug-likeness (QED) is 0.638. The van der Waals surface area contributed by atoms with E-state index in [1.807, 2.05) is 13.8 Å². The fourth-order valence-electron chi connectivity index (χ4n) is 1.15. The molecule has 1 aliphatic carbocycles. The van der Waals surface area contributed by atoms with Crippen LogP contribution in [0.5, 0.6) is 0 Å². The highest BCUT2D eigenvalue weighted by Crippen LogP contribution is 2.38. The van der Waals surface area contributed by atoms with Crippen molar-refractivity contribution in [1.29, 1.82) is 0 Å². The Labute approximate surface area is 71.0 Å². The maximum Gasteiger partial charge on any atom is 0.307 e. The number of carboxylic acids is 1. The van der Waals surface area contributed by atoms with E-state index < -0.39 is 11.9 Å². The van der Waals surface area contributed by atoms with Gasteiger partial charge in [0.2, 0.25) is 5.91 Å². The molecule has 0 aromatic carbocycles. The molecule has 4 nitrogen and oxygen atoms in total. The average Bonchev–Trinajstić information content (AvgIpc) is 2.61. The van der Waals surface area contributed by atoms with Gasteiger partial charge in [0.25, 0.3) is 0 Å². The Bertz CT molecular complexity index is 212. The third-order valence-electron chi connectivity index (χ3n) is 1.88. The molecule has 1 saturated carbocycles. The van der Waals surface area contributed by atoms with Gasteiger partial charge < -0.3 is 10.4 Å². The van der Waals surface area contributed by atoms with Crippen LogP contribution in [0.25, 0.3) is 0 Å². The molecule has 0 bridgehead atoms. The molecule has 0 aromatic heterocycles. The van der Waals surface area contributed by atoms with E-state index in [1.54, 1.807) is 0 Å². The lowest BCUT2D eigenvalue weighted by Crippen LogP contribution is -2.32. The molecule has 0 radical (unpaired) electrons. The Hall–Kier alpha value is -1.06. The summed E-state index contributed by atoms with van der Waals surface area (Å²) < 4.78 is 0. The van der Waals surface area contributed by atoms with Gasteiger partial charge in [-0.25, -0.2) is 0 Å². The van der Waals surface area contributed by atoms with Crippen LogP contribution in [0.1, 0.15) is 20.3 Å². The van der Waals surface area contributed by atoms with Gasteiger partial charge in [0.15, 0.2) is 0 Å². The molecule has 68 valence electrons. The van der Waals surface area contributed by atoms with Gasteiger partial charge >= 0.3 is 5.97 Å². The largest absolute Gasteiger partial charge is 0.481 e. The van der Waals surface area contributed by atoms with Crippen molar-refractivity contribution in [3.05, 3.63) is 0 Å². The monoisotopic (exact) mass is 171 g/mol. The van der Waals surface area contributed by atoms with E-state index >= 15 is 0 Å². The third kappa shape index (κ3) is 1.96. The minimum absolute atomic E-state index is 0.0903.